The SMILES string of the molecule is COc1ccc(C2=NC3(CCN(C)CC3)N(CC(=O)Nc3ccc(OC)c(Cl)c3)C2=O)cc1. The first-order chi connectivity index (χ1) is 15.8. The van der Waals surface area contributed by atoms with E-state index in [-0.39, 0.29) is 18.4 Å². The molecule has 0 atom stereocenters. The molecule has 1 spiro atoms. The number of amides is 2. The van der Waals surface area contributed by atoms with Crippen LogP contribution in [0.25, 0.3) is 0 Å². The number of halogens is 1. The highest BCUT2D eigenvalue weighted by Crippen LogP contribution is 2.36. The first-order valence-electron chi connectivity index (χ1n) is 10.7. The summed E-state index contributed by atoms with van der Waals surface area (Å²) in [6, 6.07) is 12.3. The van der Waals surface area contributed by atoms with Gasteiger partial charge in [0.05, 0.1) is 19.2 Å². The summed E-state index contributed by atoms with van der Waals surface area (Å²) >= 11 is 6.17. The average Bonchev–Trinajstić information content (AvgIpc) is 3.07. The Morgan fingerprint density at radius 1 is 1.12 bits per heavy atom. The fraction of sp³-hybridized carbons (Fsp3) is 0.375. The minimum absolute atomic E-state index is 0.102. The van der Waals surface area contributed by atoms with Gasteiger partial charge in [-0.1, -0.05) is 11.6 Å². The third kappa shape index (κ3) is 4.67. The Balaban J connectivity index is 1.57. The quantitative estimate of drug-likeness (QED) is 0.701. The van der Waals surface area contributed by atoms with Gasteiger partial charge >= 0.3 is 0 Å². The van der Waals surface area contributed by atoms with E-state index in [0.29, 0.717) is 46.3 Å². The van der Waals surface area contributed by atoms with Gasteiger partial charge in [0.15, 0.2) is 0 Å². The van der Waals surface area contributed by atoms with Crippen LogP contribution in [0.1, 0.15) is 18.4 Å². The molecule has 33 heavy (non-hydrogen) atoms. The minimum atomic E-state index is -0.728. The molecular formula is C24H27ClN4O4. The van der Waals surface area contributed by atoms with Gasteiger partial charge in [-0.3, -0.25) is 14.6 Å². The zero-order valence-electron chi connectivity index (χ0n) is 18.9. The van der Waals surface area contributed by atoms with Gasteiger partial charge < -0.3 is 24.6 Å². The molecule has 0 bridgehead atoms. The fourth-order valence-corrected chi connectivity index (χ4v) is 4.49. The number of ether oxygens (including phenoxy) is 2. The molecule has 2 aromatic carbocycles. The number of methoxy groups -OCH3 is 2. The maximum Gasteiger partial charge on any atom is 0.275 e. The Kier molecular flexibility index (Phi) is 6.58. The molecule has 2 heterocycles. The van der Waals surface area contributed by atoms with Crippen LogP contribution in [0.2, 0.25) is 5.02 Å². The summed E-state index contributed by atoms with van der Waals surface area (Å²) in [5, 5.41) is 3.22. The van der Waals surface area contributed by atoms with Crippen molar-refractivity contribution in [1.29, 1.82) is 0 Å². The Hall–Kier alpha value is -3.10. The molecule has 1 N–H and O–H groups in total. The van der Waals surface area contributed by atoms with Gasteiger partial charge in [-0.2, -0.15) is 0 Å². The summed E-state index contributed by atoms with van der Waals surface area (Å²) < 4.78 is 10.4. The van der Waals surface area contributed by atoms with Crippen molar-refractivity contribution in [3.63, 3.8) is 0 Å². The number of anilines is 1. The molecule has 2 aromatic rings. The third-order valence-corrected chi connectivity index (χ3v) is 6.45. The van der Waals surface area contributed by atoms with Gasteiger partial charge in [-0.05, 0) is 49.5 Å². The van der Waals surface area contributed by atoms with Crippen molar-refractivity contribution in [1.82, 2.24) is 9.80 Å². The molecule has 2 amide bonds. The molecular weight excluding hydrogens is 444 g/mol. The van der Waals surface area contributed by atoms with Crippen molar-refractivity contribution in [3.8, 4) is 11.5 Å². The molecule has 9 heteroatoms. The molecule has 2 aliphatic heterocycles. The van der Waals surface area contributed by atoms with Crippen molar-refractivity contribution in [3.05, 3.63) is 53.1 Å². The largest absolute Gasteiger partial charge is 0.497 e. The first kappa shape index (κ1) is 23.1. The molecule has 2 aliphatic rings. The monoisotopic (exact) mass is 470 g/mol. The van der Waals surface area contributed by atoms with Crippen LogP contribution >= 0.6 is 11.6 Å². The number of nitrogens with one attached hydrogen (secondary N) is 1. The number of rotatable bonds is 6. The van der Waals surface area contributed by atoms with E-state index < -0.39 is 5.66 Å². The van der Waals surface area contributed by atoms with Gasteiger partial charge in [-0.15, -0.1) is 0 Å². The van der Waals surface area contributed by atoms with Crippen LogP contribution in [0, 0.1) is 0 Å². The van der Waals surface area contributed by atoms with Crippen LogP contribution in [0.5, 0.6) is 11.5 Å². The van der Waals surface area contributed by atoms with Crippen LogP contribution in [-0.4, -0.2) is 73.9 Å². The van der Waals surface area contributed by atoms with Gasteiger partial charge in [0.1, 0.15) is 29.4 Å². The van der Waals surface area contributed by atoms with E-state index >= 15 is 0 Å². The molecule has 4 rings (SSSR count). The smallest absolute Gasteiger partial charge is 0.275 e. The Morgan fingerprint density at radius 2 is 1.82 bits per heavy atom. The maximum absolute atomic E-state index is 13.5. The predicted molar refractivity (Wildman–Crippen MR) is 127 cm³/mol. The number of benzene rings is 2. The van der Waals surface area contributed by atoms with E-state index in [1.165, 1.54) is 7.11 Å². The van der Waals surface area contributed by atoms with Gasteiger partial charge in [-0.25, -0.2) is 0 Å². The molecule has 8 nitrogen and oxygen atoms in total. The molecule has 0 saturated carbocycles. The summed E-state index contributed by atoms with van der Waals surface area (Å²) in [5.41, 5.74) is 0.894. The number of nitrogens with zero attached hydrogens (tertiary/aromatic N) is 3. The molecule has 0 unspecified atom stereocenters. The van der Waals surface area contributed by atoms with Crippen molar-refractivity contribution in [2.24, 2.45) is 4.99 Å². The van der Waals surface area contributed by atoms with Gasteiger partial charge in [0.25, 0.3) is 5.91 Å². The second-order valence-corrected chi connectivity index (χ2v) is 8.67. The lowest BCUT2D eigenvalue weighted by Crippen LogP contribution is -2.55. The van der Waals surface area contributed by atoms with E-state index in [2.05, 4.69) is 10.2 Å². The average molecular weight is 471 g/mol. The van der Waals surface area contributed by atoms with Crippen LogP contribution in [0.15, 0.2) is 47.5 Å². The number of hydrogen-bond acceptors (Lipinski definition) is 6. The number of likely N-dealkylation sites (tertiary alicyclic amines) is 1. The summed E-state index contributed by atoms with van der Waals surface area (Å²) in [6.45, 7) is 1.48. The molecule has 0 aromatic heterocycles. The van der Waals surface area contributed by atoms with Crippen molar-refractivity contribution in [2.45, 2.75) is 18.5 Å². The molecule has 0 radical (unpaired) electrons. The second-order valence-electron chi connectivity index (χ2n) is 8.26. The second kappa shape index (κ2) is 9.41. The molecule has 0 aliphatic carbocycles. The van der Waals surface area contributed by atoms with E-state index in [0.717, 1.165) is 13.1 Å². The minimum Gasteiger partial charge on any atom is -0.497 e. The summed E-state index contributed by atoms with van der Waals surface area (Å²) in [6.07, 6.45) is 1.33. The number of carbonyl (C=O) groups excluding carboxylic acids is 2. The van der Waals surface area contributed by atoms with Crippen molar-refractivity contribution < 1.29 is 19.1 Å². The van der Waals surface area contributed by atoms with E-state index in [4.69, 9.17) is 26.1 Å². The zero-order chi connectivity index (χ0) is 23.6. The highest BCUT2D eigenvalue weighted by Gasteiger charge is 2.49. The van der Waals surface area contributed by atoms with Crippen LogP contribution in [0.4, 0.5) is 5.69 Å². The van der Waals surface area contributed by atoms with Crippen LogP contribution in [0.3, 0.4) is 0 Å². The topological polar surface area (TPSA) is 83.5 Å². The van der Waals surface area contributed by atoms with E-state index in [9.17, 15) is 9.59 Å². The maximum atomic E-state index is 13.5. The van der Waals surface area contributed by atoms with Crippen molar-refractivity contribution in [2.75, 3.05) is 46.2 Å². The lowest BCUT2D eigenvalue weighted by Gasteiger charge is -2.41. The van der Waals surface area contributed by atoms with Crippen LogP contribution < -0.4 is 14.8 Å². The molecule has 174 valence electrons. The summed E-state index contributed by atoms with van der Waals surface area (Å²) in [4.78, 5) is 35.1. The van der Waals surface area contributed by atoms with Crippen molar-refractivity contribution >= 4 is 34.8 Å². The third-order valence-electron chi connectivity index (χ3n) is 6.16. The predicted octanol–water partition coefficient (Wildman–Crippen LogP) is 3.05. The van der Waals surface area contributed by atoms with E-state index in [1.54, 1.807) is 42.3 Å². The highest BCUT2D eigenvalue weighted by molar-refractivity contribution is 6.47. The van der Waals surface area contributed by atoms with Crippen LogP contribution in [-0.2, 0) is 9.59 Å². The molecule has 1 saturated heterocycles. The Bertz CT molecular complexity index is 1080. The Labute approximate surface area is 198 Å². The fourth-order valence-electron chi connectivity index (χ4n) is 4.24. The first-order valence-corrected chi connectivity index (χ1v) is 11.1. The van der Waals surface area contributed by atoms with E-state index in [1.807, 2.05) is 19.2 Å². The Morgan fingerprint density at radius 3 is 2.42 bits per heavy atom. The highest BCUT2D eigenvalue weighted by atomic mass is 35.5. The number of piperidine rings is 1. The standard InChI is InChI=1S/C24H27ClN4O4/c1-28-12-10-24(11-13-28)27-22(16-4-7-18(32-2)8-5-16)23(31)29(24)15-21(30)26-17-6-9-20(33-3)19(25)14-17/h4-9,14H,10-13,15H2,1-3H3,(H,26,30). The number of carbonyl (C=O) groups is 2. The van der Waals surface area contributed by atoms with Gasteiger partial charge in [0.2, 0.25) is 5.91 Å². The zero-order valence-corrected chi connectivity index (χ0v) is 19.7. The summed E-state index contributed by atoms with van der Waals surface area (Å²) in [5.74, 6) is 0.669. The normalized spacial score (nSPS) is 17.8. The molecule has 1 fully saturated rings. The number of aliphatic imine (C=N–C) groups is 1. The number of hydrogen-bond donors (Lipinski definition) is 1. The van der Waals surface area contributed by atoms with Gasteiger partial charge in [0, 0.05) is 37.2 Å². The summed E-state index contributed by atoms with van der Waals surface area (Å²) in [7, 11) is 5.17. The lowest BCUT2D eigenvalue weighted by atomic mass is 9.96. The lowest BCUT2D eigenvalue weighted by molar-refractivity contribution is -0.134.